The Morgan fingerprint density at radius 2 is 1.62 bits per heavy atom. The molecule has 0 atom stereocenters. The van der Waals surface area contributed by atoms with Gasteiger partial charge in [-0.05, 0) is 40.6 Å². The Balaban J connectivity index is 0.00000323. The fourth-order valence-corrected chi connectivity index (χ4v) is 4.69. The molecule has 0 radical (unpaired) electrons. The first-order chi connectivity index (χ1) is 18.6. The first kappa shape index (κ1) is 27.8. The Kier molecular flexibility index (Phi) is 7.18. The maximum absolute atomic E-state index is 6.24. The van der Waals surface area contributed by atoms with Crippen LogP contribution < -0.4 is 9.84 Å². The van der Waals surface area contributed by atoms with Gasteiger partial charge < -0.3 is 19.5 Å². The van der Waals surface area contributed by atoms with Crippen LogP contribution in [0.5, 0.6) is 11.6 Å². The fourth-order valence-electron chi connectivity index (χ4n) is 4.69. The van der Waals surface area contributed by atoms with Crippen molar-refractivity contribution in [2.75, 3.05) is 0 Å². The van der Waals surface area contributed by atoms with Crippen LogP contribution in [-0.4, -0.2) is 19.6 Å². The van der Waals surface area contributed by atoms with Crippen LogP contribution in [-0.2, 0) is 31.9 Å². The Labute approximate surface area is 249 Å². The van der Waals surface area contributed by atoms with Gasteiger partial charge in [-0.3, -0.25) is 0 Å². The summed E-state index contributed by atoms with van der Waals surface area (Å²) in [6, 6.07) is 27.8. The normalized spacial score (nSPS) is 12.1. The number of benzene rings is 2. The molecule has 0 N–H and O–H groups in total. The molecule has 6 aromatic rings. The van der Waals surface area contributed by atoms with E-state index in [4.69, 9.17) is 14.7 Å². The number of hydrogen-bond acceptors (Lipinski definition) is 4. The molecule has 6 nitrogen and oxygen atoms in total. The fraction of sp³-hybridized carbons (Fsp3) is 0.242. The third-order valence-corrected chi connectivity index (χ3v) is 6.91. The van der Waals surface area contributed by atoms with Gasteiger partial charge in [-0.15, -0.1) is 17.5 Å². The number of aromatic nitrogens is 5. The van der Waals surface area contributed by atoms with Crippen molar-refractivity contribution < 1.29 is 25.8 Å². The summed E-state index contributed by atoms with van der Waals surface area (Å²) in [5, 5.41) is 10.9. The van der Waals surface area contributed by atoms with Gasteiger partial charge in [0.15, 0.2) is 0 Å². The third kappa shape index (κ3) is 5.21. The van der Waals surface area contributed by atoms with Crippen LogP contribution in [0.4, 0.5) is 0 Å². The van der Waals surface area contributed by atoms with Gasteiger partial charge in [0.25, 0.3) is 0 Å². The maximum atomic E-state index is 6.24. The molecule has 204 valence electrons. The molecule has 0 saturated heterocycles. The molecule has 40 heavy (non-hydrogen) atoms. The van der Waals surface area contributed by atoms with E-state index in [9.17, 15) is 0 Å². The van der Waals surface area contributed by atoms with Gasteiger partial charge in [0.05, 0.1) is 5.69 Å². The number of fused-ring (bicyclic) bond motifs is 3. The first-order valence-corrected chi connectivity index (χ1v) is 13.2. The molecule has 0 aliphatic heterocycles. The molecule has 4 heterocycles. The number of ether oxygens (including phenoxy) is 1. The molecule has 4 aromatic heterocycles. The summed E-state index contributed by atoms with van der Waals surface area (Å²) in [6.07, 6.45) is 1.88. The SMILES string of the molecule is CC(C)(C)c1ccnc(-n2c3[c-]c(Oc4cccc(-c5cc(C(C)(C)C)n[n-]5)n4)ccc3c3ccccc32)c1.[Pt+2]. The second kappa shape index (κ2) is 10.3. The van der Waals surface area contributed by atoms with Crippen LogP contribution in [0, 0.1) is 6.07 Å². The van der Waals surface area contributed by atoms with E-state index in [2.05, 4.69) is 105 Å². The molecule has 6 rings (SSSR count). The molecule has 2 aromatic carbocycles. The van der Waals surface area contributed by atoms with Gasteiger partial charge >= 0.3 is 21.1 Å². The molecule has 0 aliphatic rings. The topological polar surface area (TPSA) is 66.9 Å². The molecule has 0 spiro atoms. The van der Waals surface area contributed by atoms with Gasteiger partial charge in [0.2, 0.25) is 5.88 Å². The number of nitrogens with zero attached hydrogens (tertiary/aromatic N) is 5. The van der Waals surface area contributed by atoms with Crippen LogP contribution in [0.25, 0.3) is 39.0 Å². The zero-order valence-corrected chi connectivity index (χ0v) is 25.7. The van der Waals surface area contributed by atoms with Crippen LogP contribution in [0.15, 0.2) is 79.0 Å². The molecule has 0 aliphatic carbocycles. The number of pyridine rings is 2. The van der Waals surface area contributed by atoms with E-state index in [1.54, 1.807) is 0 Å². The smallest absolute Gasteiger partial charge is 0.573 e. The first-order valence-electron chi connectivity index (χ1n) is 13.2. The molecule has 0 fully saturated rings. The molecule has 0 unspecified atom stereocenters. The van der Waals surface area contributed by atoms with Crippen molar-refractivity contribution >= 4 is 21.8 Å². The summed E-state index contributed by atoms with van der Waals surface area (Å²) in [5.41, 5.74) is 5.50. The van der Waals surface area contributed by atoms with Crippen LogP contribution >= 0.6 is 0 Å². The third-order valence-electron chi connectivity index (χ3n) is 6.91. The van der Waals surface area contributed by atoms with Crippen molar-refractivity contribution in [2.45, 2.75) is 52.4 Å². The van der Waals surface area contributed by atoms with Gasteiger partial charge in [0.1, 0.15) is 5.82 Å². The quantitative estimate of drug-likeness (QED) is 0.175. The molecule has 0 bridgehead atoms. The molecule has 7 heteroatoms. The predicted octanol–water partition coefficient (Wildman–Crippen LogP) is 7.78. The van der Waals surface area contributed by atoms with E-state index in [1.807, 2.05) is 36.5 Å². The zero-order valence-electron chi connectivity index (χ0n) is 23.5. The molecular formula is C33H31N5OPt. The Morgan fingerprint density at radius 1 is 0.825 bits per heavy atom. The van der Waals surface area contributed by atoms with Crippen LogP contribution in [0.3, 0.4) is 0 Å². The standard InChI is InChI=1S/C33H31N5O.Pt/c1-32(2,3)21-16-17-34-30(18-21)38-27-12-8-7-10-23(27)24-15-14-22(19-28(24)38)39-31-13-9-11-25(35-31)26-20-29(37-36-26)33(4,5)6;/h7-18,20H,1-6H3;/q-2;+2. The summed E-state index contributed by atoms with van der Waals surface area (Å²) in [7, 11) is 0. The van der Waals surface area contributed by atoms with Crippen molar-refractivity contribution in [3.05, 3.63) is 96.3 Å². The summed E-state index contributed by atoms with van der Waals surface area (Å²) >= 11 is 0. The monoisotopic (exact) mass is 708 g/mol. The number of para-hydroxylation sites is 1. The minimum absolute atomic E-state index is 0. The van der Waals surface area contributed by atoms with Crippen molar-refractivity contribution in [3.63, 3.8) is 0 Å². The van der Waals surface area contributed by atoms with E-state index in [-0.39, 0.29) is 31.9 Å². The number of hydrogen-bond donors (Lipinski definition) is 0. The molecular weight excluding hydrogens is 677 g/mol. The average molecular weight is 709 g/mol. The summed E-state index contributed by atoms with van der Waals surface area (Å²) in [5.74, 6) is 1.90. The summed E-state index contributed by atoms with van der Waals surface area (Å²) < 4.78 is 8.40. The summed E-state index contributed by atoms with van der Waals surface area (Å²) in [4.78, 5) is 9.46. The average Bonchev–Trinajstić information content (AvgIpc) is 3.52. The second-order valence-electron chi connectivity index (χ2n) is 11.9. The van der Waals surface area contributed by atoms with Crippen LogP contribution in [0.2, 0.25) is 0 Å². The van der Waals surface area contributed by atoms with E-state index in [0.717, 1.165) is 39.0 Å². The van der Waals surface area contributed by atoms with Crippen molar-refractivity contribution in [3.8, 4) is 28.8 Å². The maximum Gasteiger partial charge on any atom is 2.00 e. The van der Waals surface area contributed by atoms with E-state index in [1.165, 1.54) is 5.56 Å². The zero-order chi connectivity index (χ0) is 27.4. The van der Waals surface area contributed by atoms with Crippen molar-refractivity contribution in [1.82, 2.24) is 24.7 Å². The van der Waals surface area contributed by atoms with Gasteiger partial charge in [-0.1, -0.05) is 83.1 Å². The Hall–Kier alpha value is -3.76. The predicted molar refractivity (Wildman–Crippen MR) is 156 cm³/mol. The van der Waals surface area contributed by atoms with Crippen molar-refractivity contribution in [2.24, 2.45) is 0 Å². The van der Waals surface area contributed by atoms with Gasteiger partial charge in [-0.2, -0.15) is 6.07 Å². The van der Waals surface area contributed by atoms with Gasteiger partial charge in [0, 0.05) is 34.6 Å². The Morgan fingerprint density at radius 3 is 2.38 bits per heavy atom. The van der Waals surface area contributed by atoms with E-state index >= 15 is 0 Å². The Bertz CT molecular complexity index is 1820. The molecule has 0 saturated carbocycles. The van der Waals surface area contributed by atoms with E-state index in [0.29, 0.717) is 17.3 Å². The molecule has 0 amide bonds. The number of rotatable bonds is 4. The van der Waals surface area contributed by atoms with Gasteiger partial charge in [-0.25, -0.2) is 9.97 Å². The summed E-state index contributed by atoms with van der Waals surface area (Å²) in [6.45, 7) is 13.0. The largest absolute Gasteiger partial charge is 2.00 e. The van der Waals surface area contributed by atoms with Crippen molar-refractivity contribution in [1.29, 1.82) is 0 Å². The van der Waals surface area contributed by atoms with E-state index < -0.39 is 0 Å². The minimum Gasteiger partial charge on any atom is -0.573 e. The van der Waals surface area contributed by atoms with Crippen LogP contribution in [0.1, 0.15) is 52.8 Å². The second-order valence-corrected chi connectivity index (χ2v) is 11.9. The minimum atomic E-state index is -0.0799.